The lowest BCUT2D eigenvalue weighted by molar-refractivity contribution is -0.0757. The molecule has 0 bridgehead atoms. The highest BCUT2D eigenvalue weighted by atomic mass is 35.5. The second kappa shape index (κ2) is 7.32. The number of aliphatic hydroxyl groups excluding tert-OH is 1. The van der Waals surface area contributed by atoms with Gasteiger partial charge in [0, 0.05) is 22.8 Å². The van der Waals surface area contributed by atoms with Crippen LogP contribution in [0.25, 0.3) is 0 Å². The Hall–Kier alpha value is -1.59. The first-order chi connectivity index (χ1) is 10.8. The van der Waals surface area contributed by atoms with Crippen molar-refractivity contribution in [1.29, 1.82) is 0 Å². The number of halogens is 1. The van der Waals surface area contributed by atoms with Crippen LogP contribution in [0.5, 0.6) is 0 Å². The molecule has 0 spiro atoms. The van der Waals surface area contributed by atoms with Crippen molar-refractivity contribution < 1.29 is 9.94 Å². The van der Waals surface area contributed by atoms with Crippen molar-refractivity contribution in [3.8, 4) is 0 Å². The minimum absolute atomic E-state index is 0.258. The number of benzene rings is 2. The molecule has 2 aromatic rings. The van der Waals surface area contributed by atoms with Crippen LogP contribution in [0.1, 0.15) is 43.6 Å². The summed E-state index contributed by atoms with van der Waals surface area (Å²) >= 11 is 6.00. The molecule has 2 rings (SSSR count). The highest BCUT2D eigenvalue weighted by molar-refractivity contribution is 6.30. The van der Waals surface area contributed by atoms with Crippen LogP contribution in [0.2, 0.25) is 5.02 Å². The Morgan fingerprint density at radius 2 is 1.96 bits per heavy atom. The lowest BCUT2D eigenvalue weighted by Crippen LogP contribution is -2.28. The molecule has 0 aliphatic heterocycles. The van der Waals surface area contributed by atoms with Gasteiger partial charge in [-0.15, -0.1) is 0 Å². The van der Waals surface area contributed by atoms with Crippen molar-refractivity contribution in [1.82, 2.24) is 5.48 Å². The zero-order chi connectivity index (χ0) is 17.0. The van der Waals surface area contributed by atoms with Crippen molar-refractivity contribution in [3.05, 3.63) is 64.2 Å². The van der Waals surface area contributed by atoms with E-state index in [0.29, 0.717) is 22.8 Å². The largest absolute Gasteiger partial charge is 0.398 e. The summed E-state index contributed by atoms with van der Waals surface area (Å²) in [7, 11) is 0. The van der Waals surface area contributed by atoms with Crippen molar-refractivity contribution >= 4 is 17.3 Å². The Morgan fingerprint density at radius 1 is 1.22 bits per heavy atom. The summed E-state index contributed by atoms with van der Waals surface area (Å²) < 4.78 is 0. The lowest BCUT2D eigenvalue weighted by Gasteiger charge is -2.20. The van der Waals surface area contributed by atoms with E-state index < -0.39 is 6.10 Å². The number of aliphatic hydroxyl groups is 1. The van der Waals surface area contributed by atoms with Gasteiger partial charge < -0.3 is 10.8 Å². The average Bonchev–Trinajstić information content (AvgIpc) is 2.48. The minimum Gasteiger partial charge on any atom is -0.398 e. The fourth-order valence-electron chi connectivity index (χ4n) is 2.17. The summed E-state index contributed by atoms with van der Waals surface area (Å²) in [5.41, 5.74) is 11.5. The number of anilines is 1. The predicted molar refractivity (Wildman–Crippen MR) is 94.0 cm³/mol. The summed E-state index contributed by atoms with van der Waals surface area (Å²) in [6.07, 6.45) is -0.822. The summed E-state index contributed by atoms with van der Waals surface area (Å²) in [5, 5.41) is 11.1. The number of hydroxylamine groups is 1. The van der Waals surface area contributed by atoms with Crippen molar-refractivity contribution in [2.45, 2.75) is 39.0 Å². The van der Waals surface area contributed by atoms with Crippen molar-refractivity contribution in [3.63, 3.8) is 0 Å². The minimum atomic E-state index is -0.822. The van der Waals surface area contributed by atoms with Crippen molar-refractivity contribution in [2.75, 3.05) is 5.73 Å². The third kappa shape index (κ3) is 5.22. The van der Waals surface area contributed by atoms with Gasteiger partial charge in [-0.25, -0.2) is 0 Å². The third-order valence-corrected chi connectivity index (χ3v) is 3.50. The Labute approximate surface area is 142 Å². The first-order valence-electron chi connectivity index (χ1n) is 7.49. The lowest BCUT2D eigenvalue weighted by atomic mass is 9.98. The molecule has 0 saturated carbocycles. The first-order valence-corrected chi connectivity index (χ1v) is 7.87. The molecule has 0 amide bonds. The van der Waals surface area contributed by atoms with E-state index in [1.807, 2.05) is 45.0 Å². The molecule has 4 nitrogen and oxygen atoms in total. The number of rotatable bonds is 5. The molecule has 0 aliphatic carbocycles. The second-order valence-corrected chi connectivity index (χ2v) is 6.89. The van der Waals surface area contributed by atoms with Crippen LogP contribution in [-0.4, -0.2) is 10.7 Å². The molecular weight excluding hydrogens is 312 g/mol. The van der Waals surface area contributed by atoms with Gasteiger partial charge in [-0.2, -0.15) is 5.48 Å². The third-order valence-electron chi connectivity index (χ3n) is 3.26. The van der Waals surface area contributed by atoms with Gasteiger partial charge in [0.05, 0.1) is 5.60 Å². The van der Waals surface area contributed by atoms with E-state index >= 15 is 0 Å². The van der Waals surface area contributed by atoms with E-state index in [9.17, 15) is 5.11 Å². The summed E-state index contributed by atoms with van der Waals surface area (Å²) in [5.74, 6) is 0. The maximum atomic E-state index is 10.6. The highest BCUT2D eigenvalue weighted by Gasteiger charge is 2.15. The van der Waals surface area contributed by atoms with Crippen LogP contribution in [0, 0.1) is 0 Å². The number of nitrogen functional groups attached to an aromatic ring is 1. The van der Waals surface area contributed by atoms with E-state index in [2.05, 4.69) is 5.48 Å². The zero-order valence-electron chi connectivity index (χ0n) is 13.6. The monoisotopic (exact) mass is 334 g/mol. The average molecular weight is 335 g/mol. The van der Waals surface area contributed by atoms with Gasteiger partial charge in [-0.05, 0) is 50.1 Å². The topological polar surface area (TPSA) is 67.5 Å². The molecule has 4 N–H and O–H groups in total. The normalized spacial score (nSPS) is 13.1. The molecule has 0 fully saturated rings. The Kier molecular flexibility index (Phi) is 5.65. The van der Waals surface area contributed by atoms with Crippen LogP contribution >= 0.6 is 11.6 Å². The molecular formula is C18H23ClN2O2. The zero-order valence-corrected chi connectivity index (χ0v) is 14.4. The molecule has 23 heavy (non-hydrogen) atoms. The van der Waals surface area contributed by atoms with Crippen LogP contribution in [0.4, 0.5) is 5.69 Å². The Morgan fingerprint density at radius 3 is 2.65 bits per heavy atom. The molecule has 1 unspecified atom stereocenters. The molecule has 0 radical (unpaired) electrons. The smallest absolute Gasteiger partial charge is 0.106 e. The van der Waals surface area contributed by atoms with Gasteiger partial charge in [0.25, 0.3) is 0 Å². The molecule has 0 saturated heterocycles. The van der Waals surface area contributed by atoms with Crippen LogP contribution < -0.4 is 11.2 Å². The van der Waals surface area contributed by atoms with Gasteiger partial charge in [0.1, 0.15) is 6.10 Å². The second-order valence-electron chi connectivity index (χ2n) is 6.46. The Balaban J connectivity index is 2.14. The fourth-order valence-corrected chi connectivity index (χ4v) is 2.35. The van der Waals surface area contributed by atoms with Gasteiger partial charge in [0.2, 0.25) is 0 Å². The molecule has 0 aliphatic rings. The SMILES string of the molecule is CC(C)(C)ONCc1cccc(C(O)c2cc(Cl)ccc2N)c1. The molecule has 124 valence electrons. The van der Waals surface area contributed by atoms with E-state index in [1.165, 1.54) is 0 Å². The predicted octanol–water partition coefficient (Wildman–Crippen LogP) is 3.82. The number of nitrogens with one attached hydrogen (secondary N) is 1. The van der Waals surface area contributed by atoms with Crippen LogP contribution in [0.15, 0.2) is 42.5 Å². The van der Waals surface area contributed by atoms with E-state index in [4.69, 9.17) is 22.2 Å². The maximum Gasteiger partial charge on any atom is 0.106 e. The Bertz CT molecular complexity index is 668. The van der Waals surface area contributed by atoms with Crippen molar-refractivity contribution in [2.24, 2.45) is 0 Å². The maximum absolute atomic E-state index is 10.6. The highest BCUT2D eigenvalue weighted by Crippen LogP contribution is 2.29. The summed E-state index contributed by atoms with van der Waals surface area (Å²) in [6.45, 7) is 6.47. The summed E-state index contributed by atoms with van der Waals surface area (Å²) in [4.78, 5) is 5.50. The molecule has 1 atom stereocenters. The number of nitrogens with two attached hydrogens (primary N) is 1. The number of hydrogen-bond donors (Lipinski definition) is 3. The van der Waals surface area contributed by atoms with E-state index in [-0.39, 0.29) is 5.60 Å². The van der Waals surface area contributed by atoms with Crippen LogP contribution in [0.3, 0.4) is 0 Å². The first kappa shape index (κ1) is 17.8. The standard InChI is InChI=1S/C18H23ClN2O2/c1-18(2,3)23-21-11-12-5-4-6-13(9-12)17(22)15-10-14(19)7-8-16(15)20/h4-10,17,21-22H,11,20H2,1-3H3. The fraction of sp³-hybridized carbons (Fsp3) is 0.333. The van der Waals surface area contributed by atoms with E-state index in [1.54, 1.807) is 18.2 Å². The van der Waals surface area contributed by atoms with Gasteiger partial charge >= 0.3 is 0 Å². The van der Waals surface area contributed by atoms with Gasteiger partial charge in [-0.1, -0.05) is 35.9 Å². The molecule has 5 heteroatoms. The summed E-state index contributed by atoms with van der Waals surface area (Å²) in [6, 6.07) is 12.7. The van der Waals surface area contributed by atoms with Crippen LogP contribution in [-0.2, 0) is 11.4 Å². The molecule has 0 heterocycles. The number of hydrogen-bond acceptors (Lipinski definition) is 4. The van der Waals surface area contributed by atoms with E-state index in [0.717, 1.165) is 11.1 Å². The molecule has 2 aromatic carbocycles. The van der Waals surface area contributed by atoms with Gasteiger partial charge in [-0.3, -0.25) is 4.84 Å². The van der Waals surface area contributed by atoms with Gasteiger partial charge in [0.15, 0.2) is 0 Å². The molecule has 0 aromatic heterocycles. The quantitative estimate of drug-likeness (QED) is 0.574.